The molecule has 0 saturated heterocycles. The molecule has 1 heterocycles. The molecule has 0 aromatic carbocycles. The van der Waals surface area contributed by atoms with Gasteiger partial charge in [-0.2, -0.15) is 0 Å². The van der Waals surface area contributed by atoms with Crippen molar-refractivity contribution in [1.82, 2.24) is 4.90 Å². The van der Waals surface area contributed by atoms with Crippen LogP contribution in [0.15, 0.2) is 23.3 Å². The number of carbonyl (C=O) groups is 1. The molecular formula is C12H17NO. The normalized spacial score (nSPS) is 26.0. The molecule has 1 atom stereocenters. The summed E-state index contributed by atoms with van der Waals surface area (Å²) in [6.07, 6.45) is 7.32. The molecular weight excluding hydrogens is 174 g/mol. The van der Waals surface area contributed by atoms with Crippen LogP contribution in [-0.4, -0.2) is 23.4 Å². The van der Waals surface area contributed by atoms with E-state index in [4.69, 9.17) is 0 Å². The largest absolute Gasteiger partial charge is 0.332 e. The van der Waals surface area contributed by atoms with E-state index in [9.17, 15) is 4.79 Å². The van der Waals surface area contributed by atoms with Crippen LogP contribution < -0.4 is 0 Å². The quantitative estimate of drug-likeness (QED) is 0.655. The second-order valence-electron chi connectivity index (χ2n) is 4.05. The van der Waals surface area contributed by atoms with E-state index in [1.54, 1.807) is 0 Å². The molecule has 1 aliphatic carbocycles. The molecule has 0 saturated carbocycles. The summed E-state index contributed by atoms with van der Waals surface area (Å²) < 4.78 is 0. The van der Waals surface area contributed by atoms with Gasteiger partial charge in [0.15, 0.2) is 0 Å². The Labute approximate surface area is 85.3 Å². The third-order valence-corrected chi connectivity index (χ3v) is 3.11. The molecule has 0 aromatic heterocycles. The molecule has 0 radical (unpaired) electrons. The Morgan fingerprint density at radius 1 is 1.57 bits per heavy atom. The Bertz CT molecular complexity index is 314. The van der Waals surface area contributed by atoms with Crippen LogP contribution in [-0.2, 0) is 4.79 Å². The average molecular weight is 191 g/mol. The lowest BCUT2D eigenvalue weighted by molar-refractivity contribution is -0.126. The lowest BCUT2D eigenvalue weighted by atomic mass is 9.97. The van der Waals surface area contributed by atoms with Crippen molar-refractivity contribution in [3.8, 4) is 0 Å². The summed E-state index contributed by atoms with van der Waals surface area (Å²) in [5, 5.41) is 0. The number of hydrogen-bond donors (Lipinski definition) is 0. The second kappa shape index (κ2) is 3.60. The molecule has 76 valence electrons. The average Bonchev–Trinajstić information content (AvgIpc) is 2.45. The van der Waals surface area contributed by atoms with Crippen molar-refractivity contribution in [3.63, 3.8) is 0 Å². The van der Waals surface area contributed by atoms with Gasteiger partial charge in [0.2, 0.25) is 0 Å². The molecule has 2 rings (SSSR count). The van der Waals surface area contributed by atoms with Gasteiger partial charge in [-0.25, -0.2) is 0 Å². The summed E-state index contributed by atoms with van der Waals surface area (Å²) in [6, 6.07) is 0.300. The molecule has 0 N–H and O–H groups in total. The fourth-order valence-electron chi connectivity index (χ4n) is 2.36. The fourth-order valence-corrected chi connectivity index (χ4v) is 2.36. The summed E-state index contributed by atoms with van der Waals surface area (Å²) in [5.74, 6) is 0.277. The van der Waals surface area contributed by atoms with Gasteiger partial charge in [-0.15, -0.1) is 0 Å². The van der Waals surface area contributed by atoms with Crippen molar-refractivity contribution < 1.29 is 4.79 Å². The minimum atomic E-state index is 0.277. The monoisotopic (exact) mass is 191 g/mol. The molecule has 2 heteroatoms. The van der Waals surface area contributed by atoms with Crippen molar-refractivity contribution >= 4 is 5.91 Å². The zero-order valence-electron chi connectivity index (χ0n) is 8.92. The summed E-state index contributed by atoms with van der Waals surface area (Å²) in [6.45, 7) is 5.14. The van der Waals surface area contributed by atoms with E-state index in [1.165, 1.54) is 5.57 Å². The highest BCUT2D eigenvalue weighted by Gasteiger charge is 2.34. The minimum absolute atomic E-state index is 0.277. The molecule has 1 unspecified atom stereocenters. The Morgan fingerprint density at radius 2 is 2.36 bits per heavy atom. The van der Waals surface area contributed by atoms with Crippen molar-refractivity contribution in [2.45, 2.75) is 39.2 Å². The Hall–Kier alpha value is -1.05. The van der Waals surface area contributed by atoms with E-state index in [-0.39, 0.29) is 5.91 Å². The highest BCUT2D eigenvalue weighted by molar-refractivity contribution is 5.98. The van der Waals surface area contributed by atoms with Crippen LogP contribution in [0.1, 0.15) is 33.1 Å². The molecule has 2 aliphatic rings. The van der Waals surface area contributed by atoms with Gasteiger partial charge in [0.25, 0.3) is 5.91 Å². The Kier molecular flexibility index (Phi) is 2.44. The summed E-state index contributed by atoms with van der Waals surface area (Å²) >= 11 is 0. The fraction of sp³-hybridized carbons (Fsp3) is 0.583. The maximum atomic E-state index is 12.0. The first-order valence-electron chi connectivity index (χ1n) is 5.46. The van der Waals surface area contributed by atoms with Crippen LogP contribution in [0.4, 0.5) is 0 Å². The van der Waals surface area contributed by atoms with E-state index in [2.05, 4.69) is 26.0 Å². The molecule has 0 fully saturated rings. The topological polar surface area (TPSA) is 20.3 Å². The first-order valence-corrected chi connectivity index (χ1v) is 5.46. The number of allylic oxidation sites excluding steroid dienone is 1. The van der Waals surface area contributed by atoms with Crippen LogP contribution in [0.25, 0.3) is 0 Å². The number of hydrogen-bond acceptors (Lipinski definition) is 1. The smallest absolute Gasteiger partial charge is 0.250 e. The van der Waals surface area contributed by atoms with E-state index in [1.807, 2.05) is 4.90 Å². The van der Waals surface area contributed by atoms with E-state index < -0.39 is 0 Å². The van der Waals surface area contributed by atoms with Crippen molar-refractivity contribution in [3.05, 3.63) is 23.3 Å². The zero-order valence-corrected chi connectivity index (χ0v) is 8.92. The highest BCUT2D eigenvalue weighted by Crippen LogP contribution is 2.32. The van der Waals surface area contributed by atoms with Gasteiger partial charge in [-0.3, -0.25) is 4.79 Å². The third-order valence-electron chi connectivity index (χ3n) is 3.11. The highest BCUT2D eigenvalue weighted by atomic mass is 16.2. The van der Waals surface area contributed by atoms with Crippen molar-refractivity contribution in [2.75, 3.05) is 6.54 Å². The summed E-state index contributed by atoms with van der Waals surface area (Å²) in [4.78, 5) is 14.0. The zero-order chi connectivity index (χ0) is 10.1. The van der Waals surface area contributed by atoms with Gasteiger partial charge in [-0.05, 0) is 31.8 Å². The van der Waals surface area contributed by atoms with Gasteiger partial charge in [0.1, 0.15) is 0 Å². The van der Waals surface area contributed by atoms with Crippen LogP contribution in [0.5, 0.6) is 0 Å². The second-order valence-corrected chi connectivity index (χ2v) is 4.05. The molecule has 1 amide bonds. The van der Waals surface area contributed by atoms with Gasteiger partial charge in [0, 0.05) is 12.1 Å². The molecule has 14 heavy (non-hydrogen) atoms. The first-order chi connectivity index (χ1) is 6.75. The van der Waals surface area contributed by atoms with Crippen LogP contribution >= 0.6 is 0 Å². The van der Waals surface area contributed by atoms with Crippen LogP contribution in [0.3, 0.4) is 0 Å². The lowest BCUT2D eigenvalue weighted by Gasteiger charge is -2.22. The number of nitrogens with zero attached hydrogens (tertiary/aromatic N) is 1. The third kappa shape index (κ3) is 1.29. The van der Waals surface area contributed by atoms with Gasteiger partial charge in [-0.1, -0.05) is 19.1 Å². The van der Waals surface area contributed by atoms with E-state index >= 15 is 0 Å². The predicted octanol–water partition coefficient (Wildman–Crippen LogP) is 2.27. The number of carbonyl (C=O) groups excluding carboxylic acids is 1. The molecule has 1 aliphatic heterocycles. The van der Waals surface area contributed by atoms with E-state index in [0.717, 1.165) is 31.4 Å². The van der Waals surface area contributed by atoms with Gasteiger partial charge < -0.3 is 4.90 Å². The molecule has 0 spiro atoms. The Balaban J connectivity index is 2.26. The van der Waals surface area contributed by atoms with E-state index in [0.29, 0.717) is 6.04 Å². The number of rotatable bonds is 2. The minimum Gasteiger partial charge on any atom is -0.332 e. The maximum absolute atomic E-state index is 12.0. The maximum Gasteiger partial charge on any atom is 0.250 e. The van der Waals surface area contributed by atoms with Crippen molar-refractivity contribution in [1.29, 1.82) is 0 Å². The first kappa shape index (κ1) is 9.50. The van der Waals surface area contributed by atoms with Crippen LogP contribution in [0, 0.1) is 0 Å². The summed E-state index contributed by atoms with van der Waals surface area (Å²) in [7, 11) is 0. The van der Waals surface area contributed by atoms with Gasteiger partial charge in [0.05, 0.1) is 6.04 Å². The summed E-state index contributed by atoms with van der Waals surface area (Å²) in [5.41, 5.74) is 2.32. The SMILES string of the molecule is CCCN1C(=O)C2=C(C=CCC2)C1C. The molecule has 0 aromatic rings. The number of amides is 1. The lowest BCUT2D eigenvalue weighted by Crippen LogP contribution is -2.34. The standard InChI is InChI=1S/C12H17NO/c1-3-8-13-9(2)10-6-4-5-7-11(10)12(13)14/h4,6,9H,3,5,7-8H2,1-2H3. The van der Waals surface area contributed by atoms with Crippen molar-refractivity contribution in [2.24, 2.45) is 0 Å². The molecule has 0 bridgehead atoms. The molecule has 2 nitrogen and oxygen atoms in total. The predicted molar refractivity (Wildman–Crippen MR) is 56.9 cm³/mol. The van der Waals surface area contributed by atoms with Crippen LogP contribution in [0.2, 0.25) is 0 Å². The Morgan fingerprint density at radius 3 is 3.00 bits per heavy atom. The van der Waals surface area contributed by atoms with Gasteiger partial charge >= 0.3 is 0 Å².